The van der Waals surface area contributed by atoms with E-state index in [1.54, 1.807) is 7.11 Å². The van der Waals surface area contributed by atoms with Crippen molar-refractivity contribution in [2.24, 2.45) is 5.41 Å². The Balaban J connectivity index is 2.68. The molecule has 0 aromatic carbocycles. The lowest BCUT2D eigenvalue weighted by Gasteiger charge is -2.53. The van der Waals surface area contributed by atoms with Crippen LogP contribution in [0.3, 0.4) is 0 Å². The summed E-state index contributed by atoms with van der Waals surface area (Å²) in [6.07, 6.45) is 1.06. The number of ether oxygens (including phenoxy) is 1. The van der Waals surface area contributed by atoms with Crippen LogP contribution in [-0.4, -0.2) is 25.3 Å². The minimum Gasteiger partial charge on any atom is -0.377 e. The van der Waals surface area contributed by atoms with Crippen LogP contribution < -0.4 is 5.32 Å². The lowest BCUT2D eigenvalue weighted by molar-refractivity contribution is -0.0956. The van der Waals surface area contributed by atoms with E-state index in [0.29, 0.717) is 11.5 Å². The Morgan fingerprint density at radius 1 is 1.58 bits per heavy atom. The summed E-state index contributed by atoms with van der Waals surface area (Å²) in [4.78, 5) is 0. The highest BCUT2D eigenvalue weighted by molar-refractivity contribution is 5.05. The molecule has 1 aliphatic rings. The number of hydrogen-bond acceptors (Lipinski definition) is 2. The second kappa shape index (κ2) is 3.00. The first kappa shape index (κ1) is 10.0. The molecule has 2 heteroatoms. The quantitative estimate of drug-likeness (QED) is 0.699. The zero-order chi connectivity index (χ0) is 9.41. The van der Waals surface area contributed by atoms with E-state index in [2.05, 4.69) is 33.0 Å². The molecule has 12 heavy (non-hydrogen) atoms. The predicted octanol–water partition coefficient (Wildman–Crippen LogP) is 1.80. The number of nitrogens with one attached hydrogen (secondary N) is 1. The summed E-state index contributed by atoms with van der Waals surface area (Å²) in [5, 5.41) is 3.45. The Morgan fingerprint density at radius 3 is 2.25 bits per heavy atom. The number of rotatable bonds is 3. The van der Waals surface area contributed by atoms with Gasteiger partial charge in [-0.3, -0.25) is 0 Å². The molecule has 2 atom stereocenters. The van der Waals surface area contributed by atoms with Crippen molar-refractivity contribution in [3.8, 4) is 0 Å². The SMILES string of the molecule is CCC(C)(OC)C1NCC1(C)C. The van der Waals surface area contributed by atoms with Gasteiger partial charge in [-0.05, 0) is 18.8 Å². The fraction of sp³-hybridized carbons (Fsp3) is 1.00. The fourth-order valence-corrected chi connectivity index (χ4v) is 2.12. The van der Waals surface area contributed by atoms with Gasteiger partial charge in [0.1, 0.15) is 0 Å². The van der Waals surface area contributed by atoms with Crippen LogP contribution in [0.2, 0.25) is 0 Å². The van der Waals surface area contributed by atoms with Crippen molar-refractivity contribution in [1.82, 2.24) is 5.32 Å². The van der Waals surface area contributed by atoms with Gasteiger partial charge >= 0.3 is 0 Å². The Kier molecular flexibility index (Phi) is 2.50. The largest absolute Gasteiger partial charge is 0.377 e. The summed E-state index contributed by atoms with van der Waals surface area (Å²) in [7, 11) is 1.81. The lowest BCUT2D eigenvalue weighted by atomic mass is 9.68. The minimum atomic E-state index is 0.00174. The van der Waals surface area contributed by atoms with Crippen LogP contribution in [0.5, 0.6) is 0 Å². The van der Waals surface area contributed by atoms with Crippen molar-refractivity contribution in [3.05, 3.63) is 0 Å². The third kappa shape index (κ3) is 1.38. The van der Waals surface area contributed by atoms with E-state index >= 15 is 0 Å². The molecule has 0 bridgehead atoms. The molecule has 2 unspecified atom stereocenters. The summed E-state index contributed by atoms with van der Waals surface area (Å²) in [5.41, 5.74) is 0.391. The second-order valence-electron chi connectivity index (χ2n) is 4.67. The van der Waals surface area contributed by atoms with Gasteiger partial charge in [-0.2, -0.15) is 0 Å². The van der Waals surface area contributed by atoms with E-state index in [0.717, 1.165) is 13.0 Å². The molecule has 1 rings (SSSR count). The van der Waals surface area contributed by atoms with Crippen molar-refractivity contribution in [2.45, 2.75) is 45.8 Å². The van der Waals surface area contributed by atoms with Crippen LogP contribution in [-0.2, 0) is 4.74 Å². The van der Waals surface area contributed by atoms with Crippen molar-refractivity contribution in [1.29, 1.82) is 0 Å². The van der Waals surface area contributed by atoms with Crippen LogP contribution in [0.25, 0.3) is 0 Å². The Bertz CT molecular complexity index is 161. The van der Waals surface area contributed by atoms with Gasteiger partial charge in [0.05, 0.1) is 5.60 Å². The van der Waals surface area contributed by atoms with Gasteiger partial charge < -0.3 is 10.1 Å². The monoisotopic (exact) mass is 171 g/mol. The summed E-state index contributed by atoms with van der Waals surface area (Å²) in [6.45, 7) is 10.1. The smallest absolute Gasteiger partial charge is 0.0806 e. The molecule has 0 spiro atoms. The van der Waals surface area contributed by atoms with E-state index in [4.69, 9.17) is 4.74 Å². The molecular weight excluding hydrogens is 150 g/mol. The maximum atomic E-state index is 5.56. The van der Waals surface area contributed by atoms with Gasteiger partial charge in [0, 0.05) is 19.7 Å². The van der Waals surface area contributed by atoms with Gasteiger partial charge in [0.2, 0.25) is 0 Å². The van der Waals surface area contributed by atoms with E-state index < -0.39 is 0 Å². The lowest BCUT2D eigenvalue weighted by Crippen LogP contribution is -2.69. The zero-order valence-corrected chi connectivity index (χ0v) is 8.90. The highest BCUT2D eigenvalue weighted by Gasteiger charge is 2.48. The molecule has 1 fully saturated rings. The van der Waals surface area contributed by atoms with Crippen LogP contribution in [0.1, 0.15) is 34.1 Å². The van der Waals surface area contributed by atoms with E-state index in [1.807, 2.05) is 0 Å². The highest BCUT2D eigenvalue weighted by atomic mass is 16.5. The maximum absolute atomic E-state index is 5.56. The second-order valence-corrected chi connectivity index (χ2v) is 4.67. The predicted molar refractivity (Wildman–Crippen MR) is 51.3 cm³/mol. The first-order chi connectivity index (χ1) is 5.46. The topological polar surface area (TPSA) is 21.3 Å². The maximum Gasteiger partial charge on any atom is 0.0806 e. The molecule has 0 aliphatic carbocycles. The average Bonchev–Trinajstić information content (AvgIpc) is 2.02. The molecule has 2 nitrogen and oxygen atoms in total. The van der Waals surface area contributed by atoms with Crippen molar-refractivity contribution >= 4 is 0 Å². The van der Waals surface area contributed by atoms with Gasteiger partial charge in [-0.1, -0.05) is 20.8 Å². The molecule has 1 heterocycles. The number of methoxy groups -OCH3 is 1. The molecule has 0 amide bonds. The van der Waals surface area contributed by atoms with Crippen molar-refractivity contribution in [2.75, 3.05) is 13.7 Å². The third-order valence-corrected chi connectivity index (χ3v) is 3.32. The fourth-order valence-electron chi connectivity index (χ4n) is 2.12. The first-order valence-corrected chi connectivity index (χ1v) is 4.75. The third-order valence-electron chi connectivity index (χ3n) is 3.32. The van der Waals surface area contributed by atoms with Gasteiger partial charge in [-0.25, -0.2) is 0 Å². The minimum absolute atomic E-state index is 0.00174. The molecule has 1 saturated heterocycles. The Labute approximate surface area is 75.7 Å². The zero-order valence-electron chi connectivity index (χ0n) is 8.90. The molecule has 1 N–H and O–H groups in total. The van der Waals surface area contributed by atoms with Crippen LogP contribution in [0.4, 0.5) is 0 Å². The Hall–Kier alpha value is -0.0800. The highest BCUT2D eigenvalue weighted by Crippen LogP contribution is 2.38. The van der Waals surface area contributed by atoms with E-state index in [9.17, 15) is 0 Å². The normalized spacial score (nSPS) is 32.2. The number of hydrogen-bond donors (Lipinski definition) is 1. The van der Waals surface area contributed by atoms with Gasteiger partial charge in [0.15, 0.2) is 0 Å². The molecule has 72 valence electrons. The van der Waals surface area contributed by atoms with Crippen molar-refractivity contribution in [3.63, 3.8) is 0 Å². The molecule has 0 radical (unpaired) electrons. The molecular formula is C10H21NO. The summed E-state index contributed by atoms with van der Waals surface area (Å²) in [5.74, 6) is 0. The first-order valence-electron chi connectivity index (χ1n) is 4.75. The average molecular weight is 171 g/mol. The van der Waals surface area contributed by atoms with Crippen LogP contribution in [0.15, 0.2) is 0 Å². The van der Waals surface area contributed by atoms with E-state index in [1.165, 1.54) is 0 Å². The standard InChI is InChI=1S/C10H21NO/c1-6-10(4,12-5)8-9(2,3)7-11-8/h8,11H,6-7H2,1-5H3. The summed E-state index contributed by atoms with van der Waals surface area (Å²) < 4.78 is 5.56. The van der Waals surface area contributed by atoms with Crippen LogP contribution in [0, 0.1) is 5.41 Å². The molecule has 0 aromatic rings. The summed E-state index contributed by atoms with van der Waals surface area (Å²) >= 11 is 0. The van der Waals surface area contributed by atoms with Crippen molar-refractivity contribution < 1.29 is 4.74 Å². The summed E-state index contributed by atoms with van der Waals surface area (Å²) in [6, 6.07) is 0.500. The Morgan fingerprint density at radius 2 is 2.17 bits per heavy atom. The van der Waals surface area contributed by atoms with Crippen LogP contribution >= 0.6 is 0 Å². The molecule has 0 aromatic heterocycles. The molecule has 0 saturated carbocycles. The van der Waals surface area contributed by atoms with E-state index in [-0.39, 0.29) is 5.60 Å². The van der Waals surface area contributed by atoms with Gasteiger partial charge in [-0.15, -0.1) is 0 Å². The molecule has 1 aliphatic heterocycles. The van der Waals surface area contributed by atoms with Gasteiger partial charge in [0.25, 0.3) is 0 Å².